The summed E-state index contributed by atoms with van der Waals surface area (Å²) in [5.41, 5.74) is 8.02. The molecule has 0 heterocycles. The van der Waals surface area contributed by atoms with Crippen LogP contribution in [-0.4, -0.2) is 11.1 Å². The Kier molecular flexibility index (Phi) is 4.35. The fourth-order valence-corrected chi connectivity index (χ4v) is 2.70. The van der Waals surface area contributed by atoms with Crippen LogP contribution in [0, 0.1) is 0 Å². The van der Waals surface area contributed by atoms with Gasteiger partial charge < -0.3 is 10.8 Å². The summed E-state index contributed by atoms with van der Waals surface area (Å²) in [6.07, 6.45) is 0. The Morgan fingerprint density at radius 3 is 2.35 bits per heavy atom. The molecule has 0 saturated carbocycles. The molecule has 0 atom stereocenters. The molecule has 0 fully saturated rings. The topological polar surface area (TPSA) is 63.3 Å². The first-order valence-corrected chi connectivity index (χ1v) is 7.19. The van der Waals surface area contributed by atoms with Gasteiger partial charge in [0.2, 0.25) is 0 Å². The standard InChI is InChI=1S/C16H17NO2S/c1-10(2)11-3-6-13(7-4-11)20-15-9-12(16(18)19)5-8-14(15)17/h3-10H,17H2,1-2H3,(H,18,19). The van der Waals surface area contributed by atoms with Gasteiger partial charge in [0.25, 0.3) is 0 Å². The molecule has 3 nitrogen and oxygen atoms in total. The molecule has 0 spiro atoms. The molecule has 0 unspecified atom stereocenters. The van der Waals surface area contributed by atoms with Crippen molar-refractivity contribution < 1.29 is 9.90 Å². The highest BCUT2D eigenvalue weighted by atomic mass is 32.2. The predicted molar refractivity (Wildman–Crippen MR) is 82.5 cm³/mol. The third-order valence-electron chi connectivity index (χ3n) is 3.04. The summed E-state index contributed by atoms with van der Waals surface area (Å²) in [6.45, 7) is 4.30. The van der Waals surface area contributed by atoms with Gasteiger partial charge >= 0.3 is 5.97 Å². The second-order valence-electron chi connectivity index (χ2n) is 4.88. The van der Waals surface area contributed by atoms with Crippen molar-refractivity contribution in [2.75, 3.05) is 5.73 Å². The van der Waals surface area contributed by atoms with Gasteiger partial charge in [0.15, 0.2) is 0 Å². The maximum absolute atomic E-state index is 11.0. The summed E-state index contributed by atoms with van der Waals surface area (Å²) in [5, 5.41) is 9.01. The van der Waals surface area contributed by atoms with Gasteiger partial charge in [0.1, 0.15) is 0 Å². The molecule has 3 N–H and O–H groups in total. The van der Waals surface area contributed by atoms with Crippen molar-refractivity contribution in [2.24, 2.45) is 0 Å². The van der Waals surface area contributed by atoms with Crippen molar-refractivity contribution in [2.45, 2.75) is 29.6 Å². The van der Waals surface area contributed by atoms with Gasteiger partial charge in [-0.1, -0.05) is 37.7 Å². The second-order valence-corrected chi connectivity index (χ2v) is 6.00. The van der Waals surface area contributed by atoms with E-state index in [0.717, 1.165) is 9.79 Å². The maximum atomic E-state index is 11.0. The Bertz CT molecular complexity index is 621. The molecule has 0 amide bonds. The van der Waals surface area contributed by atoms with Crippen molar-refractivity contribution in [1.82, 2.24) is 0 Å². The minimum atomic E-state index is -0.943. The van der Waals surface area contributed by atoms with Crippen molar-refractivity contribution in [3.63, 3.8) is 0 Å². The zero-order valence-electron chi connectivity index (χ0n) is 11.5. The molecule has 0 aliphatic heterocycles. The largest absolute Gasteiger partial charge is 0.478 e. The molecule has 2 aromatic rings. The highest BCUT2D eigenvalue weighted by molar-refractivity contribution is 7.99. The number of benzene rings is 2. The van der Waals surface area contributed by atoms with Gasteiger partial charge in [0.05, 0.1) is 5.56 Å². The number of hydrogen-bond donors (Lipinski definition) is 2. The third-order valence-corrected chi connectivity index (χ3v) is 4.12. The van der Waals surface area contributed by atoms with Crippen LogP contribution in [0.4, 0.5) is 5.69 Å². The Hall–Kier alpha value is -1.94. The number of rotatable bonds is 4. The SMILES string of the molecule is CC(C)c1ccc(Sc2cc(C(=O)O)ccc2N)cc1. The van der Waals surface area contributed by atoms with E-state index in [1.807, 2.05) is 12.1 Å². The lowest BCUT2D eigenvalue weighted by Crippen LogP contribution is -1.98. The predicted octanol–water partition coefficient (Wildman–Crippen LogP) is 4.24. The van der Waals surface area contributed by atoms with Gasteiger partial charge in [0, 0.05) is 15.5 Å². The van der Waals surface area contributed by atoms with Crippen LogP contribution in [-0.2, 0) is 0 Å². The van der Waals surface area contributed by atoms with Crippen LogP contribution in [0.3, 0.4) is 0 Å². The lowest BCUT2D eigenvalue weighted by atomic mass is 10.0. The first-order valence-electron chi connectivity index (χ1n) is 6.38. The quantitative estimate of drug-likeness (QED) is 0.825. The van der Waals surface area contributed by atoms with Crippen molar-refractivity contribution in [3.8, 4) is 0 Å². The fourth-order valence-electron chi connectivity index (χ4n) is 1.80. The van der Waals surface area contributed by atoms with Gasteiger partial charge in [-0.25, -0.2) is 4.79 Å². The fraction of sp³-hybridized carbons (Fsp3) is 0.188. The van der Waals surface area contributed by atoms with E-state index in [1.54, 1.807) is 12.1 Å². The Morgan fingerprint density at radius 2 is 1.80 bits per heavy atom. The molecule has 0 radical (unpaired) electrons. The highest BCUT2D eigenvalue weighted by Gasteiger charge is 2.08. The van der Waals surface area contributed by atoms with E-state index >= 15 is 0 Å². The Morgan fingerprint density at radius 1 is 1.15 bits per heavy atom. The normalized spacial score (nSPS) is 10.8. The monoisotopic (exact) mass is 287 g/mol. The highest BCUT2D eigenvalue weighted by Crippen LogP contribution is 2.33. The number of nitrogen functional groups attached to an aromatic ring is 1. The molecule has 104 valence electrons. The van der Waals surface area contributed by atoms with E-state index in [-0.39, 0.29) is 5.56 Å². The molecule has 0 aromatic heterocycles. The van der Waals surface area contributed by atoms with E-state index in [0.29, 0.717) is 11.6 Å². The molecule has 0 bridgehead atoms. The first kappa shape index (κ1) is 14.5. The number of aromatic carboxylic acids is 1. The summed E-state index contributed by atoms with van der Waals surface area (Å²) >= 11 is 1.48. The summed E-state index contributed by atoms with van der Waals surface area (Å²) < 4.78 is 0. The van der Waals surface area contributed by atoms with Gasteiger partial charge in [-0.15, -0.1) is 0 Å². The number of hydrogen-bond acceptors (Lipinski definition) is 3. The molecule has 4 heteroatoms. The van der Waals surface area contributed by atoms with Gasteiger partial charge in [-0.3, -0.25) is 0 Å². The van der Waals surface area contributed by atoms with Crippen LogP contribution in [0.2, 0.25) is 0 Å². The number of carboxylic acid groups (broad SMARTS) is 1. The number of carbonyl (C=O) groups is 1. The van der Waals surface area contributed by atoms with E-state index < -0.39 is 5.97 Å². The van der Waals surface area contributed by atoms with Crippen LogP contribution in [0.5, 0.6) is 0 Å². The van der Waals surface area contributed by atoms with Gasteiger partial charge in [-0.05, 0) is 41.8 Å². The van der Waals surface area contributed by atoms with E-state index in [1.165, 1.54) is 23.4 Å². The second kappa shape index (κ2) is 6.01. The van der Waals surface area contributed by atoms with Crippen LogP contribution >= 0.6 is 11.8 Å². The van der Waals surface area contributed by atoms with E-state index in [2.05, 4.69) is 26.0 Å². The van der Waals surface area contributed by atoms with E-state index in [4.69, 9.17) is 10.8 Å². The van der Waals surface area contributed by atoms with Crippen LogP contribution < -0.4 is 5.73 Å². The smallest absolute Gasteiger partial charge is 0.335 e. The van der Waals surface area contributed by atoms with Crippen molar-refractivity contribution in [1.29, 1.82) is 0 Å². The lowest BCUT2D eigenvalue weighted by Gasteiger charge is -2.09. The molecular weight excluding hydrogens is 270 g/mol. The Labute approximate surface area is 122 Å². The average Bonchev–Trinajstić information content (AvgIpc) is 2.41. The van der Waals surface area contributed by atoms with Crippen LogP contribution in [0.1, 0.15) is 35.7 Å². The first-order chi connectivity index (χ1) is 9.47. The number of carboxylic acids is 1. The molecule has 2 aromatic carbocycles. The zero-order valence-corrected chi connectivity index (χ0v) is 12.3. The lowest BCUT2D eigenvalue weighted by molar-refractivity contribution is 0.0696. The molecule has 0 saturated heterocycles. The molecular formula is C16H17NO2S. The molecule has 2 rings (SSSR count). The summed E-state index contributed by atoms with van der Waals surface area (Å²) in [7, 11) is 0. The zero-order chi connectivity index (χ0) is 14.7. The van der Waals surface area contributed by atoms with Crippen molar-refractivity contribution >= 4 is 23.4 Å². The van der Waals surface area contributed by atoms with Gasteiger partial charge in [-0.2, -0.15) is 0 Å². The maximum Gasteiger partial charge on any atom is 0.335 e. The number of anilines is 1. The van der Waals surface area contributed by atoms with Crippen LogP contribution in [0.15, 0.2) is 52.3 Å². The third kappa shape index (κ3) is 3.33. The Balaban J connectivity index is 2.25. The summed E-state index contributed by atoms with van der Waals surface area (Å²) in [5.74, 6) is -0.448. The summed E-state index contributed by atoms with van der Waals surface area (Å²) in [4.78, 5) is 12.8. The average molecular weight is 287 g/mol. The molecule has 0 aliphatic rings. The summed E-state index contributed by atoms with van der Waals surface area (Å²) in [6, 6.07) is 13.0. The molecule has 20 heavy (non-hydrogen) atoms. The van der Waals surface area contributed by atoms with Crippen LogP contribution in [0.25, 0.3) is 0 Å². The minimum Gasteiger partial charge on any atom is -0.478 e. The van der Waals surface area contributed by atoms with E-state index in [9.17, 15) is 4.79 Å². The number of nitrogens with two attached hydrogens (primary N) is 1. The van der Waals surface area contributed by atoms with Crippen molar-refractivity contribution in [3.05, 3.63) is 53.6 Å². The molecule has 0 aliphatic carbocycles. The minimum absolute atomic E-state index is 0.250.